The van der Waals surface area contributed by atoms with Crippen molar-refractivity contribution in [2.24, 2.45) is 0 Å². The van der Waals surface area contributed by atoms with Gasteiger partial charge >= 0.3 is 0 Å². The smallest absolute Gasteiger partial charge is 0.167 e. The Hall–Kier alpha value is -0.120. The van der Waals surface area contributed by atoms with Gasteiger partial charge in [-0.1, -0.05) is 0 Å². The first-order valence-corrected chi connectivity index (χ1v) is 2.93. The van der Waals surface area contributed by atoms with Crippen LogP contribution in [0.25, 0.3) is 0 Å². The zero-order valence-corrected chi connectivity index (χ0v) is 6.14. The molecule has 0 atom stereocenters. The van der Waals surface area contributed by atoms with E-state index in [1.165, 1.54) is 6.42 Å². The van der Waals surface area contributed by atoms with Gasteiger partial charge in [0.25, 0.3) is 0 Å². The highest BCUT2D eigenvalue weighted by molar-refractivity contribution is 4.78. The second-order valence-corrected chi connectivity index (χ2v) is 2.17. The maximum atomic E-state index is 5.10. The standard InChI is InChI=1S/C6H12O2.H3N/c1-7-6(8-2)4-3-5-6;/h3-5H2,1-2H3;1H3. The van der Waals surface area contributed by atoms with E-state index in [-0.39, 0.29) is 11.9 Å². The molecule has 0 unspecified atom stereocenters. The first-order chi connectivity index (χ1) is 3.83. The molecule has 0 heterocycles. The van der Waals surface area contributed by atoms with Crippen LogP contribution in [0.4, 0.5) is 0 Å². The van der Waals surface area contributed by atoms with Gasteiger partial charge in [0.15, 0.2) is 5.79 Å². The Kier molecular flexibility index (Phi) is 3.11. The van der Waals surface area contributed by atoms with E-state index < -0.39 is 0 Å². The van der Waals surface area contributed by atoms with Gasteiger partial charge in [-0.25, -0.2) is 0 Å². The van der Waals surface area contributed by atoms with Crippen molar-refractivity contribution in [3.63, 3.8) is 0 Å². The molecule has 0 aliphatic heterocycles. The van der Waals surface area contributed by atoms with E-state index in [2.05, 4.69) is 0 Å². The molecule has 0 radical (unpaired) electrons. The van der Waals surface area contributed by atoms with Gasteiger partial charge in [0.2, 0.25) is 0 Å². The third-order valence-electron chi connectivity index (χ3n) is 1.86. The summed E-state index contributed by atoms with van der Waals surface area (Å²) in [5.74, 6) is -0.194. The second kappa shape index (κ2) is 3.15. The van der Waals surface area contributed by atoms with Crippen molar-refractivity contribution in [1.82, 2.24) is 6.15 Å². The topological polar surface area (TPSA) is 53.5 Å². The van der Waals surface area contributed by atoms with Crippen LogP contribution < -0.4 is 6.15 Å². The molecule has 3 heteroatoms. The summed E-state index contributed by atoms with van der Waals surface area (Å²) in [7, 11) is 3.39. The van der Waals surface area contributed by atoms with Gasteiger partial charge < -0.3 is 15.6 Å². The molecule has 0 aromatic rings. The van der Waals surface area contributed by atoms with E-state index in [1.807, 2.05) is 0 Å². The largest absolute Gasteiger partial charge is 0.353 e. The van der Waals surface area contributed by atoms with Crippen LogP contribution in [0.2, 0.25) is 0 Å². The highest BCUT2D eigenvalue weighted by Gasteiger charge is 2.36. The molecule has 1 aliphatic carbocycles. The second-order valence-electron chi connectivity index (χ2n) is 2.17. The van der Waals surface area contributed by atoms with E-state index in [9.17, 15) is 0 Å². The van der Waals surface area contributed by atoms with Crippen LogP contribution >= 0.6 is 0 Å². The fraction of sp³-hybridized carbons (Fsp3) is 1.00. The predicted octanol–water partition coefficient (Wildman–Crippen LogP) is 1.32. The number of hydrogen-bond acceptors (Lipinski definition) is 3. The van der Waals surface area contributed by atoms with E-state index in [1.54, 1.807) is 14.2 Å². The molecule has 1 saturated carbocycles. The lowest BCUT2D eigenvalue weighted by Gasteiger charge is -2.38. The van der Waals surface area contributed by atoms with Crippen LogP contribution in [0, 0.1) is 0 Å². The normalized spacial score (nSPS) is 22.0. The summed E-state index contributed by atoms with van der Waals surface area (Å²) in [5, 5.41) is 0. The molecule has 0 aromatic carbocycles. The quantitative estimate of drug-likeness (QED) is 0.578. The van der Waals surface area contributed by atoms with Gasteiger partial charge in [0.1, 0.15) is 0 Å². The van der Waals surface area contributed by atoms with Crippen molar-refractivity contribution < 1.29 is 9.47 Å². The van der Waals surface area contributed by atoms with Crippen LogP contribution in [-0.4, -0.2) is 20.0 Å². The Bertz CT molecular complexity index is 67.6. The number of ether oxygens (including phenoxy) is 2. The minimum absolute atomic E-state index is 0. The lowest BCUT2D eigenvalue weighted by Crippen LogP contribution is -2.40. The van der Waals surface area contributed by atoms with Gasteiger partial charge in [-0.05, 0) is 6.42 Å². The highest BCUT2D eigenvalue weighted by Crippen LogP contribution is 2.34. The Labute approximate surface area is 55.9 Å². The molecule has 1 fully saturated rings. The van der Waals surface area contributed by atoms with Crippen LogP contribution in [-0.2, 0) is 9.47 Å². The minimum atomic E-state index is -0.194. The number of rotatable bonds is 2. The average molecular weight is 133 g/mol. The molecule has 1 aliphatic rings. The molecule has 56 valence electrons. The highest BCUT2D eigenvalue weighted by atomic mass is 16.7. The summed E-state index contributed by atoms with van der Waals surface area (Å²) >= 11 is 0. The van der Waals surface area contributed by atoms with Crippen LogP contribution in [0.15, 0.2) is 0 Å². The zero-order valence-electron chi connectivity index (χ0n) is 6.14. The third kappa shape index (κ3) is 1.41. The molecule has 3 nitrogen and oxygen atoms in total. The molecule has 0 aromatic heterocycles. The van der Waals surface area contributed by atoms with E-state index in [0.717, 1.165) is 12.8 Å². The molecule has 0 saturated heterocycles. The Morgan fingerprint density at radius 2 is 1.56 bits per heavy atom. The van der Waals surface area contributed by atoms with Crippen molar-refractivity contribution in [2.75, 3.05) is 14.2 Å². The molecule has 1 rings (SSSR count). The maximum Gasteiger partial charge on any atom is 0.167 e. The van der Waals surface area contributed by atoms with Crippen LogP contribution in [0.5, 0.6) is 0 Å². The van der Waals surface area contributed by atoms with Gasteiger partial charge in [0.05, 0.1) is 0 Å². The minimum Gasteiger partial charge on any atom is -0.353 e. The summed E-state index contributed by atoms with van der Waals surface area (Å²) in [4.78, 5) is 0. The lowest BCUT2D eigenvalue weighted by molar-refractivity contribution is -0.249. The Balaban J connectivity index is 0.000000640. The first kappa shape index (κ1) is 8.88. The number of hydrogen-bond donors (Lipinski definition) is 1. The Morgan fingerprint density at radius 3 is 1.56 bits per heavy atom. The summed E-state index contributed by atoms with van der Waals surface area (Å²) in [6, 6.07) is 0. The summed E-state index contributed by atoms with van der Waals surface area (Å²) in [5.41, 5.74) is 0. The zero-order chi connectivity index (χ0) is 6.04. The molecule has 9 heavy (non-hydrogen) atoms. The van der Waals surface area contributed by atoms with E-state index in [4.69, 9.17) is 9.47 Å². The van der Waals surface area contributed by atoms with Crippen LogP contribution in [0.1, 0.15) is 19.3 Å². The lowest BCUT2D eigenvalue weighted by atomic mass is 9.91. The van der Waals surface area contributed by atoms with Crippen molar-refractivity contribution in [1.29, 1.82) is 0 Å². The summed E-state index contributed by atoms with van der Waals surface area (Å²) in [6.07, 6.45) is 3.35. The van der Waals surface area contributed by atoms with E-state index >= 15 is 0 Å². The van der Waals surface area contributed by atoms with Gasteiger partial charge in [-0.15, -0.1) is 0 Å². The van der Waals surface area contributed by atoms with Crippen LogP contribution in [0.3, 0.4) is 0 Å². The maximum absolute atomic E-state index is 5.10. The van der Waals surface area contributed by atoms with Crippen molar-refractivity contribution in [3.05, 3.63) is 0 Å². The predicted molar refractivity (Wildman–Crippen MR) is 35.6 cm³/mol. The van der Waals surface area contributed by atoms with Gasteiger partial charge in [-0.3, -0.25) is 0 Å². The van der Waals surface area contributed by atoms with Gasteiger partial charge in [-0.2, -0.15) is 0 Å². The molecule has 0 spiro atoms. The van der Waals surface area contributed by atoms with E-state index in [0.29, 0.717) is 0 Å². The molecular formula is C6H15NO2. The van der Waals surface area contributed by atoms with Crippen molar-refractivity contribution in [2.45, 2.75) is 25.0 Å². The molecule has 0 amide bonds. The Morgan fingerprint density at radius 1 is 1.11 bits per heavy atom. The SMILES string of the molecule is COC1(OC)CCC1.N. The molecule has 0 bridgehead atoms. The fourth-order valence-corrected chi connectivity index (χ4v) is 0.957. The molecular weight excluding hydrogens is 118 g/mol. The molecule has 3 N–H and O–H groups in total. The van der Waals surface area contributed by atoms with Gasteiger partial charge in [0, 0.05) is 27.1 Å². The first-order valence-electron chi connectivity index (χ1n) is 2.93. The fourth-order valence-electron chi connectivity index (χ4n) is 0.957. The van der Waals surface area contributed by atoms with Crippen molar-refractivity contribution in [3.8, 4) is 0 Å². The number of methoxy groups -OCH3 is 2. The monoisotopic (exact) mass is 133 g/mol. The summed E-state index contributed by atoms with van der Waals surface area (Å²) < 4.78 is 10.2. The summed E-state index contributed by atoms with van der Waals surface area (Å²) in [6.45, 7) is 0. The third-order valence-corrected chi connectivity index (χ3v) is 1.86. The van der Waals surface area contributed by atoms with Crippen molar-refractivity contribution >= 4 is 0 Å². The average Bonchev–Trinajstić information content (AvgIpc) is 1.67.